The standard InChI is InChI=1S/C13H20ClN5O2/c1-15-13(11(19(20)21)9-17(2)3)18(4)8-10-5-6-12(14)16-7-10/h5-7,11H,8-9H2,1-4H3. The Hall–Kier alpha value is -1.73. The largest absolute Gasteiger partial charge is 0.353 e. The molecule has 0 aromatic carbocycles. The first-order valence-corrected chi connectivity index (χ1v) is 6.79. The van der Waals surface area contributed by atoms with E-state index in [0.717, 1.165) is 5.56 Å². The molecule has 1 unspecified atom stereocenters. The van der Waals surface area contributed by atoms with E-state index >= 15 is 0 Å². The van der Waals surface area contributed by atoms with Gasteiger partial charge in [0.05, 0.1) is 6.54 Å². The smallest absolute Gasteiger partial charge is 0.281 e. The first kappa shape index (κ1) is 17.3. The molecule has 21 heavy (non-hydrogen) atoms. The van der Waals surface area contributed by atoms with Crippen molar-refractivity contribution in [3.05, 3.63) is 39.2 Å². The monoisotopic (exact) mass is 313 g/mol. The number of nitrogens with zero attached hydrogens (tertiary/aromatic N) is 5. The zero-order valence-electron chi connectivity index (χ0n) is 12.7. The van der Waals surface area contributed by atoms with Gasteiger partial charge < -0.3 is 9.80 Å². The lowest BCUT2D eigenvalue weighted by molar-refractivity contribution is -0.504. The average Bonchev–Trinajstić information content (AvgIpc) is 2.40. The lowest BCUT2D eigenvalue weighted by Gasteiger charge is -2.24. The maximum Gasteiger partial charge on any atom is 0.281 e. The number of likely N-dealkylation sites (N-methyl/N-ethyl adjacent to an activating group) is 2. The summed E-state index contributed by atoms with van der Waals surface area (Å²) in [6, 6.07) is 2.67. The van der Waals surface area contributed by atoms with E-state index in [1.165, 1.54) is 0 Å². The first-order chi connectivity index (χ1) is 9.85. The van der Waals surface area contributed by atoms with Gasteiger partial charge in [-0.05, 0) is 25.7 Å². The molecule has 0 spiro atoms. The fourth-order valence-electron chi connectivity index (χ4n) is 2.02. The van der Waals surface area contributed by atoms with Crippen molar-refractivity contribution < 1.29 is 4.92 Å². The highest BCUT2D eigenvalue weighted by Crippen LogP contribution is 2.09. The molecule has 0 aliphatic heterocycles. The van der Waals surface area contributed by atoms with Crippen molar-refractivity contribution >= 4 is 17.4 Å². The number of rotatable bonds is 6. The van der Waals surface area contributed by atoms with Crippen LogP contribution in [0.5, 0.6) is 0 Å². The van der Waals surface area contributed by atoms with Crippen molar-refractivity contribution in [2.45, 2.75) is 12.6 Å². The Morgan fingerprint density at radius 1 is 1.48 bits per heavy atom. The third-order valence-corrected chi connectivity index (χ3v) is 3.14. The minimum atomic E-state index is -0.866. The van der Waals surface area contributed by atoms with Gasteiger partial charge in [0.1, 0.15) is 5.15 Å². The molecule has 7 nitrogen and oxygen atoms in total. The second-order valence-electron chi connectivity index (χ2n) is 4.99. The lowest BCUT2D eigenvalue weighted by Crippen LogP contribution is -2.46. The van der Waals surface area contributed by atoms with Crippen LogP contribution in [0.4, 0.5) is 0 Å². The van der Waals surface area contributed by atoms with Gasteiger partial charge in [0.25, 0.3) is 6.04 Å². The predicted octanol–water partition coefficient (Wildman–Crippen LogP) is 1.40. The second kappa shape index (κ2) is 7.90. The molecule has 1 heterocycles. The Morgan fingerprint density at radius 3 is 2.57 bits per heavy atom. The Bertz CT molecular complexity index is 504. The molecule has 0 bridgehead atoms. The van der Waals surface area contributed by atoms with Crippen LogP contribution in [0.2, 0.25) is 5.15 Å². The molecule has 8 heteroatoms. The number of halogens is 1. The highest BCUT2D eigenvalue weighted by Gasteiger charge is 2.30. The first-order valence-electron chi connectivity index (χ1n) is 6.41. The number of hydrogen-bond donors (Lipinski definition) is 0. The number of aliphatic imine (C=N–C) groups is 1. The van der Waals surface area contributed by atoms with Gasteiger partial charge >= 0.3 is 0 Å². The van der Waals surface area contributed by atoms with Gasteiger partial charge in [0.15, 0.2) is 5.84 Å². The van der Waals surface area contributed by atoms with Gasteiger partial charge in [-0.2, -0.15) is 0 Å². The van der Waals surface area contributed by atoms with Crippen LogP contribution in [0, 0.1) is 10.1 Å². The number of nitro groups is 1. The average molecular weight is 314 g/mol. The fourth-order valence-corrected chi connectivity index (χ4v) is 2.13. The molecule has 116 valence electrons. The van der Waals surface area contributed by atoms with E-state index in [4.69, 9.17) is 11.6 Å². The molecule has 1 atom stereocenters. The van der Waals surface area contributed by atoms with E-state index < -0.39 is 6.04 Å². The summed E-state index contributed by atoms with van der Waals surface area (Å²) in [6.07, 6.45) is 1.65. The van der Waals surface area contributed by atoms with Crippen LogP contribution in [0.15, 0.2) is 23.3 Å². The zero-order chi connectivity index (χ0) is 16.0. The minimum Gasteiger partial charge on any atom is -0.353 e. The predicted molar refractivity (Wildman–Crippen MR) is 83.4 cm³/mol. The summed E-state index contributed by atoms with van der Waals surface area (Å²) in [6.45, 7) is 0.775. The van der Waals surface area contributed by atoms with E-state index in [1.807, 2.05) is 6.07 Å². The molecule has 0 amide bonds. The van der Waals surface area contributed by atoms with Crippen molar-refractivity contribution in [1.82, 2.24) is 14.8 Å². The minimum absolute atomic E-state index is 0.295. The van der Waals surface area contributed by atoms with Crippen LogP contribution in [-0.2, 0) is 6.54 Å². The van der Waals surface area contributed by atoms with Crippen molar-refractivity contribution in [3.63, 3.8) is 0 Å². The molecule has 0 N–H and O–H groups in total. The summed E-state index contributed by atoms with van der Waals surface area (Å²) >= 11 is 5.74. The van der Waals surface area contributed by atoms with Crippen molar-refractivity contribution in [2.75, 3.05) is 34.7 Å². The van der Waals surface area contributed by atoms with Gasteiger partial charge in [-0.15, -0.1) is 0 Å². The lowest BCUT2D eigenvalue weighted by atomic mass is 10.2. The summed E-state index contributed by atoms with van der Waals surface area (Å²) in [7, 11) is 6.95. The Kier molecular flexibility index (Phi) is 6.51. The van der Waals surface area contributed by atoms with Crippen LogP contribution in [0.1, 0.15) is 5.56 Å². The molecule has 1 aromatic rings. The number of aromatic nitrogens is 1. The van der Waals surface area contributed by atoms with E-state index in [0.29, 0.717) is 24.1 Å². The van der Waals surface area contributed by atoms with Crippen molar-refractivity contribution in [2.24, 2.45) is 4.99 Å². The maximum absolute atomic E-state index is 11.3. The summed E-state index contributed by atoms with van der Waals surface area (Å²) in [5.41, 5.74) is 0.912. The summed E-state index contributed by atoms with van der Waals surface area (Å²) in [5, 5.41) is 11.7. The Labute approximate surface area is 129 Å². The highest BCUT2D eigenvalue weighted by atomic mass is 35.5. The third-order valence-electron chi connectivity index (χ3n) is 2.92. The quantitative estimate of drug-likeness (QED) is 0.261. The molecular formula is C13H20ClN5O2. The molecule has 0 aliphatic rings. The van der Waals surface area contributed by atoms with Crippen LogP contribution >= 0.6 is 11.6 Å². The van der Waals surface area contributed by atoms with Gasteiger partial charge in [-0.1, -0.05) is 17.7 Å². The number of pyridine rings is 1. The molecule has 1 rings (SSSR count). The van der Waals surface area contributed by atoms with Crippen molar-refractivity contribution in [3.8, 4) is 0 Å². The van der Waals surface area contributed by atoms with Gasteiger partial charge in [-0.3, -0.25) is 15.1 Å². The maximum atomic E-state index is 11.3. The molecule has 0 aliphatic carbocycles. The number of hydrogen-bond acceptors (Lipinski definition) is 5. The second-order valence-corrected chi connectivity index (χ2v) is 5.38. The van der Waals surface area contributed by atoms with Crippen LogP contribution in [-0.4, -0.2) is 66.3 Å². The molecular weight excluding hydrogens is 294 g/mol. The van der Waals surface area contributed by atoms with Gasteiger partial charge in [0.2, 0.25) is 0 Å². The fraction of sp³-hybridized carbons (Fsp3) is 0.538. The molecule has 0 saturated heterocycles. The van der Waals surface area contributed by atoms with Crippen molar-refractivity contribution in [1.29, 1.82) is 0 Å². The summed E-state index contributed by atoms with van der Waals surface area (Å²) in [5.74, 6) is 0.434. The van der Waals surface area contributed by atoms with Crippen LogP contribution in [0.25, 0.3) is 0 Å². The molecule has 1 aromatic heterocycles. The van der Waals surface area contributed by atoms with Crippen LogP contribution in [0.3, 0.4) is 0 Å². The Balaban J connectivity index is 2.86. The Morgan fingerprint density at radius 2 is 2.14 bits per heavy atom. The summed E-state index contributed by atoms with van der Waals surface area (Å²) in [4.78, 5) is 22.6. The SMILES string of the molecule is CN=C(C(CN(C)C)[N+](=O)[O-])N(C)Cc1ccc(Cl)nc1. The molecule has 0 saturated carbocycles. The zero-order valence-corrected chi connectivity index (χ0v) is 13.4. The molecule has 0 fully saturated rings. The van der Waals surface area contributed by atoms with E-state index in [-0.39, 0.29) is 4.92 Å². The summed E-state index contributed by atoms with van der Waals surface area (Å²) < 4.78 is 0. The highest BCUT2D eigenvalue weighted by molar-refractivity contribution is 6.29. The normalized spacial score (nSPS) is 13.3. The van der Waals surface area contributed by atoms with Gasteiger partial charge in [0, 0.05) is 31.8 Å². The van der Waals surface area contributed by atoms with Gasteiger partial charge in [-0.25, -0.2) is 4.98 Å². The topological polar surface area (TPSA) is 74.9 Å². The van der Waals surface area contributed by atoms with Crippen LogP contribution < -0.4 is 0 Å². The van der Waals surface area contributed by atoms with E-state index in [2.05, 4.69) is 9.98 Å². The molecule has 0 radical (unpaired) electrons. The number of amidine groups is 1. The van der Waals surface area contributed by atoms with E-state index in [9.17, 15) is 10.1 Å². The van der Waals surface area contributed by atoms with E-state index in [1.54, 1.807) is 50.3 Å². The third kappa shape index (κ3) is 5.28.